The van der Waals surface area contributed by atoms with E-state index in [2.05, 4.69) is 5.32 Å². The molecule has 0 aliphatic heterocycles. The van der Waals surface area contributed by atoms with E-state index < -0.39 is 0 Å². The third kappa shape index (κ3) is 4.03. The van der Waals surface area contributed by atoms with Crippen LogP contribution in [0.3, 0.4) is 0 Å². The second-order valence-electron chi connectivity index (χ2n) is 3.98. The van der Waals surface area contributed by atoms with Gasteiger partial charge in [-0.3, -0.25) is 4.79 Å². The molecule has 0 bridgehead atoms. The summed E-state index contributed by atoms with van der Waals surface area (Å²) >= 11 is 0. The van der Waals surface area contributed by atoms with Crippen molar-refractivity contribution in [3.8, 4) is 0 Å². The molecule has 94 valence electrons. The number of carbonyl (C=O) groups is 1. The highest BCUT2D eigenvalue weighted by Gasteiger charge is 2.09. The van der Waals surface area contributed by atoms with Crippen molar-refractivity contribution in [3.05, 3.63) is 29.6 Å². The fourth-order valence-electron chi connectivity index (χ4n) is 1.51. The molecular weight excluding hydrogens is 221 g/mol. The third-order valence-electron chi connectivity index (χ3n) is 2.55. The van der Waals surface area contributed by atoms with Gasteiger partial charge in [-0.1, -0.05) is 12.1 Å². The van der Waals surface area contributed by atoms with Gasteiger partial charge in [0, 0.05) is 32.1 Å². The molecule has 1 aromatic rings. The van der Waals surface area contributed by atoms with Crippen molar-refractivity contribution in [2.45, 2.75) is 13.0 Å². The van der Waals surface area contributed by atoms with E-state index >= 15 is 0 Å². The summed E-state index contributed by atoms with van der Waals surface area (Å²) in [6.07, 6.45) is 0.400. The minimum absolute atomic E-state index is 0.0232. The van der Waals surface area contributed by atoms with Crippen LogP contribution in [0.2, 0.25) is 0 Å². The van der Waals surface area contributed by atoms with Crippen LogP contribution < -0.4 is 11.1 Å². The molecule has 0 aromatic heterocycles. The van der Waals surface area contributed by atoms with Crippen LogP contribution in [-0.4, -0.2) is 31.4 Å². The lowest BCUT2D eigenvalue weighted by atomic mass is 10.1. The van der Waals surface area contributed by atoms with Crippen LogP contribution in [-0.2, 0) is 11.3 Å². The van der Waals surface area contributed by atoms with E-state index in [4.69, 9.17) is 5.73 Å². The van der Waals surface area contributed by atoms with Crippen molar-refractivity contribution >= 4 is 11.6 Å². The Bertz CT molecular complexity index is 395. The van der Waals surface area contributed by atoms with E-state index in [1.807, 2.05) is 11.9 Å². The number of nitrogens with two attached hydrogens (primary N) is 1. The van der Waals surface area contributed by atoms with Gasteiger partial charge in [-0.2, -0.15) is 0 Å². The van der Waals surface area contributed by atoms with E-state index in [1.165, 1.54) is 6.07 Å². The number of rotatable bonds is 5. The zero-order valence-corrected chi connectivity index (χ0v) is 10.2. The molecule has 0 fully saturated rings. The molecule has 3 N–H and O–H groups in total. The van der Waals surface area contributed by atoms with Crippen LogP contribution in [0.25, 0.3) is 0 Å². The Labute approximate surface area is 101 Å². The minimum atomic E-state index is -0.376. The molecule has 0 aliphatic rings. The first kappa shape index (κ1) is 13.4. The number of hydrogen-bond acceptors (Lipinski definition) is 3. The smallest absolute Gasteiger partial charge is 0.221 e. The van der Waals surface area contributed by atoms with Crippen molar-refractivity contribution < 1.29 is 9.18 Å². The Kier molecular flexibility index (Phi) is 4.90. The van der Waals surface area contributed by atoms with Gasteiger partial charge in [0.25, 0.3) is 0 Å². The second-order valence-corrected chi connectivity index (χ2v) is 3.98. The largest absolute Gasteiger partial charge is 0.396 e. The molecule has 1 aromatic carbocycles. The first-order valence-electron chi connectivity index (χ1n) is 5.46. The Balaban J connectivity index is 2.53. The molecular formula is C12H18FN3O. The normalized spacial score (nSPS) is 10.6. The highest BCUT2D eigenvalue weighted by atomic mass is 19.1. The molecule has 1 rings (SSSR count). The van der Waals surface area contributed by atoms with Gasteiger partial charge < -0.3 is 16.0 Å². The highest BCUT2D eigenvalue weighted by Crippen LogP contribution is 2.15. The van der Waals surface area contributed by atoms with Crippen LogP contribution in [0.1, 0.15) is 12.0 Å². The van der Waals surface area contributed by atoms with E-state index in [0.717, 1.165) is 0 Å². The van der Waals surface area contributed by atoms with Crippen molar-refractivity contribution in [1.29, 1.82) is 0 Å². The number of carbonyl (C=O) groups excluding carboxylic acids is 1. The Morgan fingerprint density at radius 2 is 2.24 bits per heavy atom. The zero-order valence-electron chi connectivity index (χ0n) is 10.2. The van der Waals surface area contributed by atoms with Crippen molar-refractivity contribution in [2.75, 3.05) is 26.4 Å². The summed E-state index contributed by atoms with van der Waals surface area (Å²) in [5.41, 5.74) is 6.18. The summed E-state index contributed by atoms with van der Waals surface area (Å²) in [4.78, 5) is 12.9. The highest BCUT2D eigenvalue weighted by molar-refractivity contribution is 5.75. The zero-order chi connectivity index (χ0) is 12.8. The average Bonchev–Trinajstić information content (AvgIpc) is 2.32. The summed E-state index contributed by atoms with van der Waals surface area (Å²) in [7, 11) is 3.44. The summed E-state index contributed by atoms with van der Waals surface area (Å²) in [5.74, 6) is -0.399. The fraction of sp³-hybridized carbons (Fsp3) is 0.417. The van der Waals surface area contributed by atoms with E-state index in [1.54, 1.807) is 19.2 Å². The van der Waals surface area contributed by atoms with Gasteiger partial charge in [-0.05, 0) is 13.1 Å². The predicted molar refractivity (Wildman–Crippen MR) is 65.8 cm³/mol. The molecule has 1 amide bonds. The SMILES string of the molecule is CNC(=O)CCN(C)Cc1cccc(N)c1F. The maximum atomic E-state index is 13.6. The van der Waals surface area contributed by atoms with Crippen LogP contribution >= 0.6 is 0 Å². The lowest BCUT2D eigenvalue weighted by Crippen LogP contribution is -2.26. The molecule has 0 unspecified atom stereocenters. The fourth-order valence-corrected chi connectivity index (χ4v) is 1.51. The molecule has 0 heterocycles. The summed E-state index contributed by atoms with van der Waals surface area (Å²) in [6.45, 7) is 1.02. The monoisotopic (exact) mass is 239 g/mol. The van der Waals surface area contributed by atoms with Gasteiger partial charge in [-0.15, -0.1) is 0 Å². The number of anilines is 1. The van der Waals surface area contributed by atoms with Crippen molar-refractivity contribution in [1.82, 2.24) is 10.2 Å². The topological polar surface area (TPSA) is 58.4 Å². The molecule has 5 heteroatoms. The van der Waals surface area contributed by atoms with Gasteiger partial charge in [0.1, 0.15) is 0 Å². The number of hydrogen-bond donors (Lipinski definition) is 2. The lowest BCUT2D eigenvalue weighted by molar-refractivity contribution is -0.120. The van der Waals surface area contributed by atoms with E-state index in [0.29, 0.717) is 25.1 Å². The molecule has 0 saturated carbocycles. The van der Waals surface area contributed by atoms with Gasteiger partial charge >= 0.3 is 0 Å². The summed E-state index contributed by atoms with van der Waals surface area (Å²) < 4.78 is 13.6. The molecule has 0 aliphatic carbocycles. The molecule has 0 spiro atoms. The number of amides is 1. The Morgan fingerprint density at radius 3 is 2.88 bits per heavy atom. The van der Waals surface area contributed by atoms with Crippen LogP contribution in [0, 0.1) is 5.82 Å². The van der Waals surface area contributed by atoms with Crippen molar-refractivity contribution in [3.63, 3.8) is 0 Å². The van der Waals surface area contributed by atoms with E-state index in [9.17, 15) is 9.18 Å². The maximum Gasteiger partial charge on any atom is 0.221 e. The number of nitrogens with one attached hydrogen (secondary N) is 1. The van der Waals surface area contributed by atoms with Crippen molar-refractivity contribution in [2.24, 2.45) is 0 Å². The number of nitrogens with zero attached hydrogens (tertiary/aromatic N) is 1. The molecule has 0 atom stereocenters. The second kappa shape index (κ2) is 6.20. The van der Waals surface area contributed by atoms with Crippen LogP contribution in [0.4, 0.5) is 10.1 Å². The number of benzene rings is 1. The third-order valence-corrected chi connectivity index (χ3v) is 2.55. The predicted octanol–water partition coefficient (Wildman–Crippen LogP) is 0.976. The van der Waals surface area contributed by atoms with Gasteiger partial charge in [0.05, 0.1) is 5.69 Å². The molecule has 0 radical (unpaired) electrons. The minimum Gasteiger partial charge on any atom is -0.396 e. The van der Waals surface area contributed by atoms with Crippen LogP contribution in [0.15, 0.2) is 18.2 Å². The maximum absolute atomic E-state index is 13.6. The summed E-state index contributed by atoms with van der Waals surface area (Å²) in [6, 6.07) is 4.95. The van der Waals surface area contributed by atoms with Gasteiger partial charge in [-0.25, -0.2) is 4.39 Å². The Morgan fingerprint density at radius 1 is 1.53 bits per heavy atom. The van der Waals surface area contributed by atoms with Gasteiger partial charge in [0.2, 0.25) is 5.91 Å². The first-order valence-corrected chi connectivity index (χ1v) is 5.46. The summed E-state index contributed by atoms with van der Waals surface area (Å²) in [5, 5.41) is 2.55. The number of halogens is 1. The standard InChI is InChI=1S/C12H18FN3O/c1-15-11(17)6-7-16(2)8-9-4-3-5-10(14)12(9)13/h3-5H,6-8,14H2,1-2H3,(H,15,17). The average molecular weight is 239 g/mol. The lowest BCUT2D eigenvalue weighted by Gasteiger charge is -2.16. The van der Waals surface area contributed by atoms with E-state index in [-0.39, 0.29) is 17.4 Å². The molecule has 0 saturated heterocycles. The Hall–Kier alpha value is -1.62. The molecule has 17 heavy (non-hydrogen) atoms. The quantitative estimate of drug-likeness (QED) is 0.753. The van der Waals surface area contributed by atoms with Crippen LogP contribution in [0.5, 0.6) is 0 Å². The van der Waals surface area contributed by atoms with Gasteiger partial charge in [0.15, 0.2) is 5.82 Å². The molecule has 4 nitrogen and oxygen atoms in total. The number of nitrogen functional groups attached to an aromatic ring is 1. The first-order chi connectivity index (χ1) is 8.04.